The third-order valence-electron chi connectivity index (χ3n) is 4.54. The van der Waals surface area contributed by atoms with Gasteiger partial charge < -0.3 is 15.0 Å². The van der Waals surface area contributed by atoms with Crippen LogP contribution in [0.4, 0.5) is 18.9 Å². The van der Waals surface area contributed by atoms with Crippen LogP contribution >= 0.6 is 34.8 Å². The van der Waals surface area contributed by atoms with Gasteiger partial charge in [-0.05, 0) is 18.2 Å². The van der Waals surface area contributed by atoms with Crippen LogP contribution in [0.2, 0.25) is 15.1 Å². The number of hydrogen-bond donors (Lipinski definition) is 2. The predicted octanol–water partition coefficient (Wildman–Crippen LogP) is 4.18. The molecule has 0 saturated carbocycles. The van der Waals surface area contributed by atoms with E-state index >= 15 is 0 Å². The summed E-state index contributed by atoms with van der Waals surface area (Å²) in [5.41, 5.74) is -3.24. The molecule has 0 spiro atoms. The highest BCUT2D eigenvalue weighted by molar-refractivity contribution is 6.41. The Morgan fingerprint density at radius 1 is 1.19 bits per heavy atom. The summed E-state index contributed by atoms with van der Waals surface area (Å²) in [7, 11) is 1.36. The molecule has 31 heavy (non-hydrogen) atoms. The first-order valence-corrected chi connectivity index (χ1v) is 9.83. The van der Waals surface area contributed by atoms with Crippen molar-refractivity contribution in [1.29, 1.82) is 0 Å². The lowest BCUT2D eigenvalue weighted by Crippen LogP contribution is -2.45. The molecule has 0 radical (unpaired) electrons. The Bertz CT molecular complexity index is 1170. The Labute approximate surface area is 189 Å². The first kappa shape index (κ1) is 23.4. The lowest BCUT2D eigenvalue weighted by molar-refractivity contribution is -0.271. The highest BCUT2D eigenvalue weighted by atomic mass is 35.5. The molecule has 7 nitrogen and oxygen atoms in total. The van der Waals surface area contributed by atoms with Crippen molar-refractivity contribution in [3.63, 3.8) is 0 Å². The number of aromatic nitrogens is 4. The predicted molar refractivity (Wildman–Crippen MR) is 111 cm³/mol. The number of benzene rings is 1. The van der Waals surface area contributed by atoms with Crippen LogP contribution in [-0.2, 0) is 12.6 Å². The monoisotopic (exact) mass is 495 g/mol. The topological polar surface area (TPSA) is 85.0 Å². The first-order chi connectivity index (χ1) is 14.5. The lowest BCUT2D eigenvalue weighted by Gasteiger charge is -2.30. The van der Waals surface area contributed by atoms with Crippen LogP contribution in [0.5, 0.6) is 0 Å². The highest BCUT2D eigenvalue weighted by Crippen LogP contribution is 2.40. The second-order valence-electron chi connectivity index (χ2n) is 6.58. The second-order valence-corrected chi connectivity index (χ2v) is 7.78. The fourth-order valence-corrected chi connectivity index (χ4v) is 3.39. The van der Waals surface area contributed by atoms with E-state index in [1.165, 1.54) is 43.8 Å². The summed E-state index contributed by atoms with van der Waals surface area (Å²) in [6, 6.07) is 4.32. The summed E-state index contributed by atoms with van der Waals surface area (Å²) in [5.74, 6) is -0.520. The largest absolute Gasteiger partial charge is 0.424 e. The fraction of sp³-hybridized carbons (Fsp3) is 0.278. The average molecular weight is 497 g/mol. The average Bonchev–Trinajstić information content (AvgIpc) is 3.13. The maximum atomic E-state index is 13.6. The molecule has 1 aromatic carbocycles. The Kier molecular flexibility index (Phi) is 6.56. The molecule has 13 heteroatoms. The van der Waals surface area contributed by atoms with Gasteiger partial charge in [-0.25, -0.2) is 4.98 Å². The van der Waals surface area contributed by atoms with Crippen LogP contribution < -0.4 is 10.9 Å². The van der Waals surface area contributed by atoms with E-state index in [0.29, 0.717) is 5.69 Å². The summed E-state index contributed by atoms with van der Waals surface area (Å²) in [5, 5.41) is 16.9. The Balaban J connectivity index is 1.79. The molecule has 0 aliphatic carbocycles. The Morgan fingerprint density at radius 3 is 2.48 bits per heavy atom. The van der Waals surface area contributed by atoms with Crippen molar-refractivity contribution in [3.8, 4) is 5.69 Å². The molecule has 2 N–H and O–H groups in total. The number of nitrogens with zero attached hydrogens (tertiary/aromatic N) is 4. The Hall–Kier alpha value is -2.27. The van der Waals surface area contributed by atoms with Gasteiger partial charge in [0.25, 0.3) is 5.56 Å². The molecule has 0 aliphatic rings. The maximum Gasteiger partial charge on any atom is 0.424 e. The molecular formula is C18H15Cl3F3N5O2. The van der Waals surface area contributed by atoms with E-state index in [4.69, 9.17) is 34.8 Å². The molecule has 3 rings (SSSR count). The van der Waals surface area contributed by atoms with Gasteiger partial charge in [-0.2, -0.15) is 23.0 Å². The van der Waals surface area contributed by atoms with E-state index in [0.717, 1.165) is 9.25 Å². The van der Waals surface area contributed by atoms with Crippen LogP contribution in [0.15, 0.2) is 41.6 Å². The molecule has 1 atom stereocenters. The van der Waals surface area contributed by atoms with E-state index in [1.807, 2.05) is 0 Å². The molecule has 0 fully saturated rings. The molecule has 0 aliphatic heterocycles. The molecule has 0 bridgehead atoms. The van der Waals surface area contributed by atoms with Crippen molar-refractivity contribution in [3.05, 3.63) is 68.0 Å². The van der Waals surface area contributed by atoms with Crippen molar-refractivity contribution >= 4 is 40.5 Å². The zero-order chi connectivity index (χ0) is 23.0. The molecule has 1 unspecified atom stereocenters. The zero-order valence-corrected chi connectivity index (χ0v) is 18.1. The molecule has 2 aromatic heterocycles. The van der Waals surface area contributed by atoms with Crippen molar-refractivity contribution in [2.45, 2.75) is 18.2 Å². The fourth-order valence-electron chi connectivity index (χ4n) is 2.90. The third-order valence-corrected chi connectivity index (χ3v) is 5.60. The van der Waals surface area contributed by atoms with Gasteiger partial charge >= 0.3 is 6.18 Å². The number of aliphatic hydroxyl groups is 1. The van der Waals surface area contributed by atoms with Gasteiger partial charge in [-0.3, -0.25) is 4.79 Å². The zero-order valence-electron chi connectivity index (χ0n) is 15.8. The molecular weight excluding hydrogens is 482 g/mol. The van der Waals surface area contributed by atoms with Gasteiger partial charge in [0.15, 0.2) is 0 Å². The number of hydrogen-bond acceptors (Lipinski definition) is 5. The maximum absolute atomic E-state index is 13.6. The van der Waals surface area contributed by atoms with Crippen LogP contribution in [0.1, 0.15) is 12.2 Å². The number of halogens is 6. The number of imidazole rings is 1. The summed E-state index contributed by atoms with van der Waals surface area (Å²) < 4.78 is 42.8. The van der Waals surface area contributed by atoms with Crippen molar-refractivity contribution in [2.24, 2.45) is 7.05 Å². The van der Waals surface area contributed by atoms with Crippen molar-refractivity contribution in [1.82, 2.24) is 19.3 Å². The van der Waals surface area contributed by atoms with E-state index in [-0.39, 0.29) is 27.3 Å². The molecule has 2 heterocycles. The number of nitrogens with one attached hydrogen (secondary N) is 1. The Morgan fingerprint density at radius 2 is 1.90 bits per heavy atom. The van der Waals surface area contributed by atoms with Gasteiger partial charge in [0.2, 0.25) is 5.60 Å². The summed E-state index contributed by atoms with van der Waals surface area (Å²) in [4.78, 5) is 15.8. The minimum absolute atomic E-state index is 0.00263. The van der Waals surface area contributed by atoms with Crippen LogP contribution in [0.25, 0.3) is 5.69 Å². The number of aryl methyl sites for hydroxylation is 1. The summed E-state index contributed by atoms with van der Waals surface area (Å²) in [6.45, 7) is -0.271. The van der Waals surface area contributed by atoms with Gasteiger partial charge in [-0.15, -0.1) is 0 Å². The van der Waals surface area contributed by atoms with Crippen LogP contribution in [0.3, 0.4) is 0 Å². The van der Waals surface area contributed by atoms with E-state index < -0.39 is 29.6 Å². The third kappa shape index (κ3) is 4.52. The standard InChI is InChI=1S/C18H15Cl3F3N5O2/c1-28-7-6-26-16(28)17(31,18(22,23)24)4-5-25-13-3-2-10(8-11(13)19)29-15(30)14(21)12(20)9-27-29/h2-3,6-9,25,31H,4-5H2,1H3. The first-order valence-electron chi connectivity index (χ1n) is 8.70. The van der Waals surface area contributed by atoms with Gasteiger partial charge in [-0.1, -0.05) is 34.8 Å². The summed E-state index contributed by atoms with van der Waals surface area (Å²) in [6.07, 6.45) is -1.97. The van der Waals surface area contributed by atoms with Crippen molar-refractivity contribution in [2.75, 3.05) is 11.9 Å². The van der Waals surface area contributed by atoms with Crippen LogP contribution in [-0.4, -0.2) is 37.2 Å². The second kappa shape index (κ2) is 8.70. The number of rotatable bonds is 6. The minimum Gasteiger partial charge on any atom is -0.384 e. The minimum atomic E-state index is -4.94. The van der Waals surface area contributed by atoms with Crippen LogP contribution in [0, 0.1) is 0 Å². The van der Waals surface area contributed by atoms with E-state index in [1.54, 1.807) is 0 Å². The molecule has 166 valence electrons. The van der Waals surface area contributed by atoms with E-state index in [9.17, 15) is 23.1 Å². The quantitative estimate of drug-likeness (QED) is 0.535. The SMILES string of the molecule is Cn1ccnc1C(O)(CCNc1ccc(-n2ncc(Cl)c(Cl)c2=O)cc1Cl)C(F)(F)F. The highest BCUT2D eigenvalue weighted by Gasteiger charge is 2.57. The molecule has 3 aromatic rings. The molecule has 0 saturated heterocycles. The van der Waals surface area contributed by atoms with Gasteiger partial charge in [0.05, 0.1) is 27.6 Å². The summed E-state index contributed by atoms with van der Waals surface area (Å²) >= 11 is 17.8. The number of anilines is 1. The smallest absolute Gasteiger partial charge is 0.384 e. The van der Waals surface area contributed by atoms with Crippen molar-refractivity contribution < 1.29 is 18.3 Å². The normalized spacial score (nSPS) is 13.8. The molecule has 0 amide bonds. The number of alkyl halides is 3. The van der Waals surface area contributed by atoms with E-state index in [2.05, 4.69) is 15.4 Å². The van der Waals surface area contributed by atoms with Gasteiger partial charge in [0, 0.05) is 32.4 Å². The lowest BCUT2D eigenvalue weighted by atomic mass is 9.97. The van der Waals surface area contributed by atoms with Gasteiger partial charge in [0.1, 0.15) is 10.8 Å².